The van der Waals surface area contributed by atoms with Gasteiger partial charge in [0, 0.05) is 12.6 Å². The first-order valence-electron chi connectivity index (χ1n) is 6.34. The van der Waals surface area contributed by atoms with Crippen LogP contribution in [0, 0.1) is 25.6 Å². The smallest absolute Gasteiger partial charge is 0.241 e. The molecule has 2 rings (SSSR count). The van der Waals surface area contributed by atoms with Crippen molar-refractivity contribution in [3.63, 3.8) is 0 Å². The van der Waals surface area contributed by atoms with Crippen molar-refractivity contribution in [3.05, 3.63) is 29.1 Å². The van der Waals surface area contributed by atoms with E-state index in [-0.39, 0.29) is 29.9 Å². The number of sulfonamides is 1. The van der Waals surface area contributed by atoms with Crippen molar-refractivity contribution in [2.75, 3.05) is 6.54 Å². The summed E-state index contributed by atoms with van der Waals surface area (Å²) in [5, 5.41) is 0. The summed E-state index contributed by atoms with van der Waals surface area (Å²) in [6.45, 7) is 3.47. The molecule has 1 atom stereocenters. The Balaban J connectivity index is 0.00000200. The van der Waals surface area contributed by atoms with Crippen molar-refractivity contribution in [1.82, 2.24) is 4.72 Å². The second-order valence-electron chi connectivity index (χ2n) is 5.17. The Labute approximate surface area is 125 Å². The highest BCUT2D eigenvalue weighted by Gasteiger charge is 2.34. The monoisotopic (exact) mass is 322 g/mol. The van der Waals surface area contributed by atoms with Crippen LogP contribution in [0.4, 0.5) is 4.39 Å². The summed E-state index contributed by atoms with van der Waals surface area (Å²) < 4.78 is 40.7. The molecule has 0 radical (unpaired) electrons. The van der Waals surface area contributed by atoms with Crippen molar-refractivity contribution in [2.24, 2.45) is 11.7 Å². The molecule has 1 aliphatic rings. The molecule has 1 aromatic carbocycles. The van der Waals surface area contributed by atoms with Crippen LogP contribution in [0.2, 0.25) is 0 Å². The number of benzene rings is 1. The summed E-state index contributed by atoms with van der Waals surface area (Å²) >= 11 is 0. The van der Waals surface area contributed by atoms with E-state index in [2.05, 4.69) is 4.72 Å². The van der Waals surface area contributed by atoms with E-state index in [1.165, 1.54) is 12.1 Å². The molecule has 0 spiro atoms. The minimum absolute atomic E-state index is 0. The van der Waals surface area contributed by atoms with E-state index in [9.17, 15) is 12.8 Å². The molecule has 4 nitrogen and oxygen atoms in total. The number of hydrogen-bond acceptors (Lipinski definition) is 3. The van der Waals surface area contributed by atoms with Crippen LogP contribution in [-0.4, -0.2) is 21.0 Å². The van der Waals surface area contributed by atoms with Crippen LogP contribution in [-0.2, 0) is 10.0 Å². The molecule has 114 valence electrons. The van der Waals surface area contributed by atoms with Crippen molar-refractivity contribution in [1.29, 1.82) is 0 Å². The molecule has 3 N–H and O–H groups in total. The Kier molecular flexibility index (Phi) is 5.54. The van der Waals surface area contributed by atoms with Crippen molar-refractivity contribution in [3.8, 4) is 0 Å². The maximum absolute atomic E-state index is 13.2. The van der Waals surface area contributed by atoms with Crippen LogP contribution in [0.15, 0.2) is 17.0 Å². The third-order valence-corrected chi connectivity index (χ3v) is 5.24. The number of rotatable bonds is 5. The first kappa shape index (κ1) is 17.4. The number of halogens is 2. The number of nitrogens with two attached hydrogens (primary N) is 1. The minimum atomic E-state index is -3.65. The molecule has 0 amide bonds. The molecule has 0 aromatic heterocycles. The van der Waals surface area contributed by atoms with E-state index in [1.54, 1.807) is 13.8 Å². The van der Waals surface area contributed by atoms with Gasteiger partial charge < -0.3 is 5.73 Å². The average molecular weight is 323 g/mol. The Hall–Kier alpha value is -0.690. The highest BCUT2D eigenvalue weighted by Crippen LogP contribution is 2.33. The molecule has 0 bridgehead atoms. The third kappa shape index (κ3) is 3.69. The average Bonchev–Trinajstić information content (AvgIpc) is 3.07. The largest absolute Gasteiger partial charge is 0.329 e. The maximum Gasteiger partial charge on any atom is 0.241 e. The summed E-state index contributed by atoms with van der Waals surface area (Å²) in [6, 6.07) is 2.24. The molecule has 1 aromatic rings. The molecule has 0 saturated heterocycles. The third-order valence-electron chi connectivity index (χ3n) is 3.45. The van der Waals surface area contributed by atoms with Crippen LogP contribution in [0.1, 0.15) is 24.0 Å². The molecule has 1 unspecified atom stereocenters. The Bertz CT molecular complexity index is 565. The first-order chi connectivity index (χ1) is 8.85. The zero-order chi connectivity index (χ0) is 14.2. The van der Waals surface area contributed by atoms with E-state index < -0.39 is 15.8 Å². The fraction of sp³-hybridized carbons (Fsp3) is 0.538. The zero-order valence-electron chi connectivity index (χ0n) is 11.5. The van der Waals surface area contributed by atoms with E-state index in [1.807, 2.05) is 0 Å². The molecule has 1 saturated carbocycles. The van der Waals surface area contributed by atoms with Gasteiger partial charge in [-0.05, 0) is 55.9 Å². The van der Waals surface area contributed by atoms with Crippen molar-refractivity contribution < 1.29 is 12.8 Å². The highest BCUT2D eigenvalue weighted by atomic mass is 35.5. The van der Waals surface area contributed by atoms with Gasteiger partial charge in [-0.3, -0.25) is 0 Å². The molecule has 0 aliphatic heterocycles. The molecule has 1 fully saturated rings. The molecule has 20 heavy (non-hydrogen) atoms. The lowest BCUT2D eigenvalue weighted by molar-refractivity contribution is 0.518. The van der Waals surface area contributed by atoms with Gasteiger partial charge in [-0.15, -0.1) is 12.4 Å². The topological polar surface area (TPSA) is 72.2 Å². The van der Waals surface area contributed by atoms with Gasteiger partial charge in [0.2, 0.25) is 10.0 Å². The zero-order valence-corrected chi connectivity index (χ0v) is 13.2. The molecule has 0 heterocycles. The second-order valence-corrected chi connectivity index (χ2v) is 6.82. The van der Waals surface area contributed by atoms with Gasteiger partial charge in [-0.25, -0.2) is 17.5 Å². The maximum atomic E-state index is 13.2. The summed E-state index contributed by atoms with van der Waals surface area (Å²) in [5.41, 5.74) is 6.44. The number of hydrogen-bond donors (Lipinski definition) is 2. The van der Waals surface area contributed by atoms with E-state index >= 15 is 0 Å². The fourth-order valence-electron chi connectivity index (χ4n) is 2.41. The SMILES string of the molecule is Cc1cc(F)cc(C)c1S(=O)(=O)NC(CN)C1CC1.Cl. The Morgan fingerprint density at radius 3 is 2.25 bits per heavy atom. The predicted octanol–water partition coefficient (Wildman–Crippen LogP) is 1.88. The van der Waals surface area contributed by atoms with Crippen LogP contribution in [0.3, 0.4) is 0 Å². The second kappa shape index (κ2) is 6.39. The van der Waals surface area contributed by atoms with E-state index in [4.69, 9.17) is 5.73 Å². The highest BCUT2D eigenvalue weighted by molar-refractivity contribution is 7.89. The van der Waals surface area contributed by atoms with Gasteiger partial charge in [0.05, 0.1) is 4.90 Å². The lowest BCUT2D eigenvalue weighted by atomic mass is 10.1. The standard InChI is InChI=1S/C13H19FN2O2S.ClH/c1-8-5-11(14)6-9(2)13(8)19(17,18)16-12(7-15)10-3-4-10;/h5-6,10,12,16H,3-4,7,15H2,1-2H3;1H. The van der Waals surface area contributed by atoms with Crippen molar-refractivity contribution >= 4 is 22.4 Å². The number of nitrogens with one attached hydrogen (secondary N) is 1. The Morgan fingerprint density at radius 1 is 1.35 bits per heavy atom. The molecule has 7 heteroatoms. The van der Waals surface area contributed by atoms with Crippen LogP contribution in [0.5, 0.6) is 0 Å². The molecular formula is C13H20ClFN2O2S. The van der Waals surface area contributed by atoms with Crippen LogP contribution in [0.25, 0.3) is 0 Å². The summed E-state index contributed by atoms with van der Waals surface area (Å²) in [4.78, 5) is 0.160. The predicted molar refractivity (Wildman–Crippen MR) is 79.0 cm³/mol. The van der Waals surface area contributed by atoms with Gasteiger partial charge in [0.1, 0.15) is 5.82 Å². The first-order valence-corrected chi connectivity index (χ1v) is 7.82. The quantitative estimate of drug-likeness (QED) is 0.869. The van der Waals surface area contributed by atoms with E-state index in [0.717, 1.165) is 12.8 Å². The van der Waals surface area contributed by atoms with Gasteiger partial charge in [0.25, 0.3) is 0 Å². The molecular weight excluding hydrogens is 303 g/mol. The summed E-state index contributed by atoms with van der Waals surface area (Å²) in [7, 11) is -3.65. The summed E-state index contributed by atoms with van der Waals surface area (Å²) in [6.07, 6.45) is 2.01. The lowest BCUT2D eigenvalue weighted by Crippen LogP contribution is -2.42. The summed E-state index contributed by atoms with van der Waals surface area (Å²) in [5.74, 6) is -0.0904. The van der Waals surface area contributed by atoms with Gasteiger partial charge >= 0.3 is 0 Å². The van der Waals surface area contributed by atoms with Crippen LogP contribution >= 0.6 is 12.4 Å². The fourth-order valence-corrected chi connectivity index (χ4v) is 4.19. The van der Waals surface area contributed by atoms with E-state index in [0.29, 0.717) is 17.0 Å². The van der Waals surface area contributed by atoms with Gasteiger partial charge in [0.15, 0.2) is 0 Å². The van der Waals surface area contributed by atoms with Crippen molar-refractivity contribution in [2.45, 2.75) is 37.6 Å². The molecule has 1 aliphatic carbocycles. The number of aryl methyl sites for hydroxylation is 2. The normalized spacial score (nSPS) is 16.6. The lowest BCUT2D eigenvalue weighted by Gasteiger charge is -2.18. The Morgan fingerprint density at radius 2 is 1.85 bits per heavy atom. The van der Waals surface area contributed by atoms with Crippen LogP contribution < -0.4 is 10.5 Å². The minimum Gasteiger partial charge on any atom is -0.329 e. The van der Waals surface area contributed by atoms with Gasteiger partial charge in [-0.2, -0.15) is 0 Å². The van der Waals surface area contributed by atoms with Gasteiger partial charge in [-0.1, -0.05) is 0 Å².